The van der Waals surface area contributed by atoms with E-state index in [0.29, 0.717) is 0 Å². The molecule has 0 aromatic heterocycles. The Morgan fingerprint density at radius 1 is 0.311 bits per heavy atom. The zero-order valence-corrected chi connectivity index (χ0v) is 43.0. The summed E-state index contributed by atoms with van der Waals surface area (Å²) in [5, 5.41) is 0. The molecule has 0 spiro atoms. The maximum atomic E-state index is 3.03. The number of rotatable bonds is 32. The first kappa shape index (κ1) is 52.6. The van der Waals surface area contributed by atoms with Crippen molar-refractivity contribution in [1.82, 2.24) is 0 Å². The highest BCUT2D eigenvalue weighted by atomic mass is 127. The van der Waals surface area contributed by atoms with Crippen LogP contribution in [0.2, 0.25) is 0 Å². The minimum Gasteiger partial charge on any atom is -1.00 e. The van der Waals surface area contributed by atoms with Crippen LogP contribution >= 0.6 is 7.87 Å². The predicted molar refractivity (Wildman–Crippen MR) is 271 cm³/mol. The highest BCUT2D eigenvalue weighted by Crippen LogP contribution is 2.74. The van der Waals surface area contributed by atoms with E-state index in [1.807, 2.05) is 0 Å². The van der Waals surface area contributed by atoms with E-state index < -0.39 is 7.87 Å². The van der Waals surface area contributed by atoms with Gasteiger partial charge in [0.1, 0.15) is 0 Å². The molecular weight excluding hydrogens is 875 g/mol. The molecule has 0 aliphatic carbocycles. The monoisotopic (exact) mass is 961 g/mol. The zero-order valence-electron chi connectivity index (χ0n) is 39.9. The molecule has 0 unspecified atom stereocenters. The zero-order chi connectivity index (χ0) is 42.8. The topological polar surface area (TPSA) is 13.0 Å². The first-order valence-corrected chi connectivity index (χ1v) is 26.3. The molecular formula is C55H86IN4P. The van der Waals surface area contributed by atoms with Crippen molar-refractivity contribution >= 4 is 30.6 Å². The van der Waals surface area contributed by atoms with Gasteiger partial charge in [0.2, 0.25) is 0 Å². The van der Waals surface area contributed by atoms with Crippen molar-refractivity contribution in [3.63, 3.8) is 0 Å². The number of para-hydroxylation sites is 4. The molecule has 0 fully saturated rings. The smallest absolute Gasteiger partial charge is 0.405 e. The second kappa shape index (κ2) is 30.3. The third kappa shape index (κ3) is 15.5. The van der Waals surface area contributed by atoms with Crippen molar-refractivity contribution in [1.29, 1.82) is 0 Å². The molecule has 0 N–H and O–H groups in total. The van der Waals surface area contributed by atoms with Gasteiger partial charge >= 0.3 is 7.87 Å². The van der Waals surface area contributed by atoms with Crippen molar-refractivity contribution in [3.05, 3.63) is 120 Å². The Bertz CT molecular complexity index is 1560. The molecule has 61 heavy (non-hydrogen) atoms. The number of halogens is 1. The SMILES string of the molecule is CCCCCCCN(c1ccccc1)[P+](N(CCCCCCC)c1ccccc1C)(N(CCCCCCC)c1ccccc1C)N(CCCCCCC)c1ccccc1C.[I-]. The Balaban J connectivity index is 0.00000992. The minimum absolute atomic E-state index is 0. The maximum Gasteiger partial charge on any atom is 0.405 e. The van der Waals surface area contributed by atoms with Crippen LogP contribution in [0, 0.1) is 20.8 Å². The fourth-order valence-electron chi connectivity index (χ4n) is 9.02. The summed E-state index contributed by atoms with van der Waals surface area (Å²) in [5.41, 5.74) is 9.62. The van der Waals surface area contributed by atoms with Crippen molar-refractivity contribution < 1.29 is 24.0 Å². The van der Waals surface area contributed by atoms with Crippen molar-refractivity contribution in [2.75, 3.05) is 44.9 Å². The van der Waals surface area contributed by atoms with E-state index in [1.165, 1.54) is 168 Å². The molecule has 0 amide bonds. The summed E-state index contributed by atoms with van der Waals surface area (Å²) in [6.07, 6.45) is 25.1. The van der Waals surface area contributed by atoms with Crippen LogP contribution in [0.25, 0.3) is 0 Å². The highest BCUT2D eigenvalue weighted by molar-refractivity contribution is 7.81. The van der Waals surface area contributed by atoms with Crippen LogP contribution in [0.4, 0.5) is 22.7 Å². The molecule has 4 rings (SSSR count). The normalized spacial score (nSPS) is 11.3. The van der Waals surface area contributed by atoms with E-state index in [2.05, 4.69) is 170 Å². The average molecular weight is 961 g/mol. The van der Waals surface area contributed by atoms with Gasteiger partial charge in [0.05, 0.1) is 48.9 Å². The van der Waals surface area contributed by atoms with Gasteiger partial charge in [-0.25, -0.2) is 0 Å². The molecule has 4 aromatic rings. The van der Waals surface area contributed by atoms with Gasteiger partial charge in [0.15, 0.2) is 0 Å². The van der Waals surface area contributed by atoms with Crippen LogP contribution in [0.3, 0.4) is 0 Å². The summed E-state index contributed by atoms with van der Waals surface area (Å²) in [6, 6.07) is 39.9. The molecule has 0 aliphatic heterocycles. The van der Waals surface area contributed by atoms with E-state index in [4.69, 9.17) is 0 Å². The molecule has 6 heteroatoms. The minimum atomic E-state index is -2.79. The van der Waals surface area contributed by atoms with Crippen LogP contribution in [0.15, 0.2) is 103 Å². The van der Waals surface area contributed by atoms with Crippen LogP contribution < -0.4 is 42.7 Å². The van der Waals surface area contributed by atoms with Crippen LogP contribution in [-0.2, 0) is 0 Å². The van der Waals surface area contributed by atoms with Gasteiger partial charge in [-0.15, -0.1) is 0 Å². The third-order valence-electron chi connectivity index (χ3n) is 12.4. The number of aryl methyl sites for hydroxylation is 3. The fourth-order valence-corrected chi connectivity index (χ4v) is 14.2. The Morgan fingerprint density at radius 3 is 0.869 bits per heavy atom. The first-order chi connectivity index (χ1) is 29.4. The summed E-state index contributed by atoms with van der Waals surface area (Å²) in [5.74, 6) is 0. The van der Waals surface area contributed by atoms with Crippen LogP contribution in [0.5, 0.6) is 0 Å². The highest BCUT2D eigenvalue weighted by Gasteiger charge is 2.63. The summed E-state index contributed by atoms with van der Waals surface area (Å²) >= 11 is 0. The molecule has 0 heterocycles. The Morgan fingerprint density at radius 2 is 0.574 bits per heavy atom. The number of hydrogen-bond donors (Lipinski definition) is 0. The number of unbranched alkanes of at least 4 members (excludes halogenated alkanes) is 16. The van der Waals surface area contributed by atoms with Crippen LogP contribution in [0.1, 0.15) is 173 Å². The van der Waals surface area contributed by atoms with Crippen molar-refractivity contribution in [3.8, 4) is 0 Å². The Kier molecular flexibility index (Phi) is 26.2. The Labute approximate surface area is 393 Å². The van der Waals surface area contributed by atoms with Gasteiger partial charge < -0.3 is 24.0 Å². The second-order valence-electron chi connectivity index (χ2n) is 17.4. The lowest BCUT2D eigenvalue weighted by Crippen LogP contribution is -3.00. The van der Waals surface area contributed by atoms with E-state index in [-0.39, 0.29) is 24.0 Å². The fraction of sp³-hybridized carbons (Fsp3) is 0.564. The molecule has 0 radical (unpaired) electrons. The molecule has 4 aromatic carbocycles. The lowest BCUT2D eigenvalue weighted by Gasteiger charge is -2.54. The van der Waals surface area contributed by atoms with Gasteiger partial charge in [0, 0.05) is 0 Å². The summed E-state index contributed by atoms with van der Waals surface area (Å²) < 4.78 is 12.1. The first-order valence-electron chi connectivity index (χ1n) is 24.7. The van der Waals surface area contributed by atoms with Gasteiger partial charge in [-0.3, -0.25) is 0 Å². The quantitative estimate of drug-likeness (QED) is 0.0275. The predicted octanol–water partition coefficient (Wildman–Crippen LogP) is 14.5. The second-order valence-corrected chi connectivity index (χ2v) is 20.4. The summed E-state index contributed by atoms with van der Waals surface area (Å²) in [6.45, 7) is 20.5. The van der Waals surface area contributed by atoms with E-state index >= 15 is 0 Å². The van der Waals surface area contributed by atoms with Gasteiger partial charge in [-0.05, 0) is 93.5 Å². The number of benzene rings is 4. The Hall–Kier alpha value is -2.76. The van der Waals surface area contributed by atoms with Gasteiger partial charge in [0.25, 0.3) is 0 Å². The average Bonchev–Trinajstić information content (AvgIpc) is 3.26. The van der Waals surface area contributed by atoms with Crippen molar-refractivity contribution in [2.45, 2.75) is 177 Å². The number of nitrogens with zero attached hydrogens (tertiary/aromatic N) is 4. The van der Waals surface area contributed by atoms with Crippen molar-refractivity contribution in [2.24, 2.45) is 0 Å². The maximum absolute atomic E-state index is 3.03. The largest absolute Gasteiger partial charge is 1.00 e. The van der Waals surface area contributed by atoms with Crippen LogP contribution in [-0.4, -0.2) is 26.2 Å². The van der Waals surface area contributed by atoms with Gasteiger partial charge in [-0.1, -0.05) is 203 Å². The molecule has 0 bridgehead atoms. The summed E-state index contributed by atoms with van der Waals surface area (Å²) in [7, 11) is -2.79. The molecule has 0 aliphatic rings. The number of anilines is 4. The molecule has 0 saturated heterocycles. The molecule has 338 valence electrons. The lowest BCUT2D eigenvalue weighted by molar-refractivity contribution is -0.0000127. The summed E-state index contributed by atoms with van der Waals surface area (Å²) in [4.78, 5) is 0. The van der Waals surface area contributed by atoms with E-state index in [1.54, 1.807) is 0 Å². The van der Waals surface area contributed by atoms with Gasteiger partial charge in [-0.2, -0.15) is 18.7 Å². The third-order valence-corrected chi connectivity index (χ3v) is 16.7. The number of hydrogen-bond acceptors (Lipinski definition) is 4. The van der Waals surface area contributed by atoms with E-state index in [9.17, 15) is 0 Å². The standard InChI is InChI=1S/C55H86N4P.HI/c1-8-12-16-20-33-45-56(52-40-25-24-26-41-52)60(57(46-34-21-17-13-9-2)53-42-30-27-37-49(53)5,58(47-35-22-18-14-10-3)54-43-31-28-38-50(54)6)59(48-36-23-19-15-11-4)55-44-32-29-39-51(55)7;/h24-32,37-44H,8-23,33-36,45-48H2,1-7H3;1H/q+1;/p-1. The molecule has 4 nitrogen and oxygen atoms in total. The molecule has 0 saturated carbocycles. The lowest BCUT2D eigenvalue weighted by atomic mass is 10.1. The molecule has 0 atom stereocenters. The van der Waals surface area contributed by atoms with E-state index in [0.717, 1.165) is 26.2 Å².